The van der Waals surface area contributed by atoms with Gasteiger partial charge in [0.1, 0.15) is 0 Å². The summed E-state index contributed by atoms with van der Waals surface area (Å²) in [5.41, 5.74) is 5.02. The fourth-order valence-electron chi connectivity index (χ4n) is 2.11. The molecule has 0 saturated heterocycles. The summed E-state index contributed by atoms with van der Waals surface area (Å²) in [6, 6.07) is 12.1. The summed E-state index contributed by atoms with van der Waals surface area (Å²) in [6.45, 7) is 2.06. The Kier molecular flexibility index (Phi) is 3.44. The minimum Gasteiger partial charge on any atom is -0.265 e. The van der Waals surface area contributed by atoms with Crippen LogP contribution in [0.2, 0.25) is 5.28 Å². The molecule has 3 aromatic rings. The van der Waals surface area contributed by atoms with Crippen molar-refractivity contribution in [2.75, 3.05) is 0 Å². The van der Waals surface area contributed by atoms with Crippen molar-refractivity contribution in [2.45, 2.75) is 6.92 Å². The Morgan fingerprint density at radius 3 is 2.55 bits per heavy atom. The summed E-state index contributed by atoms with van der Waals surface area (Å²) in [6.07, 6.45) is 5.25. The Balaban J connectivity index is 2.22. The van der Waals surface area contributed by atoms with Gasteiger partial charge in [0.2, 0.25) is 5.28 Å². The van der Waals surface area contributed by atoms with E-state index >= 15 is 0 Å². The van der Waals surface area contributed by atoms with Crippen molar-refractivity contribution >= 4 is 11.6 Å². The third kappa shape index (κ3) is 2.53. The normalized spacial score (nSPS) is 10.5. The van der Waals surface area contributed by atoms with Gasteiger partial charge in [0.05, 0.1) is 5.69 Å². The number of rotatable bonds is 2. The standard InChI is InChI=1S/C16H12ClN3/c1-11-3-2-4-13(9-11)14-10-19-16(17)20-15(14)12-5-7-18-8-6-12/h2-10H,1H3. The molecule has 3 rings (SSSR count). The number of nitrogens with zero attached hydrogens (tertiary/aromatic N) is 3. The maximum atomic E-state index is 5.95. The van der Waals surface area contributed by atoms with E-state index in [4.69, 9.17) is 11.6 Å². The average Bonchev–Trinajstić information content (AvgIpc) is 2.48. The predicted molar refractivity (Wildman–Crippen MR) is 80.4 cm³/mol. The zero-order valence-electron chi connectivity index (χ0n) is 10.9. The molecule has 0 radical (unpaired) electrons. The Morgan fingerprint density at radius 2 is 1.80 bits per heavy atom. The lowest BCUT2D eigenvalue weighted by Gasteiger charge is -2.09. The molecule has 3 nitrogen and oxygen atoms in total. The van der Waals surface area contributed by atoms with Crippen LogP contribution < -0.4 is 0 Å². The number of halogens is 1. The molecule has 0 aliphatic carbocycles. The van der Waals surface area contributed by atoms with Crippen LogP contribution in [-0.4, -0.2) is 15.0 Å². The summed E-state index contributed by atoms with van der Waals surface area (Å²) in [4.78, 5) is 12.5. The van der Waals surface area contributed by atoms with Gasteiger partial charge in [0.25, 0.3) is 0 Å². The molecule has 0 aliphatic rings. The quantitative estimate of drug-likeness (QED) is 0.662. The molecule has 2 aromatic heterocycles. The van der Waals surface area contributed by atoms with Crippen LogP contribution in [0.3, 0.4) is 0 Å². The molecule has 4 heteroatoms. The Labute approximate surface area is 122 Å². The molecular formula is C16H12ClN3. The number of aryl methyl sites for hydroxylation is 1. The molecule has 0 fully saturated rings. The van der Waals surface area contributed by atoms with E-state index in [2.05, 4.69) is 34.0 Å². The zero-order valence-corrected chi connectivity index (χ0v) is 11.7. The molecule has 2 heterocycles. The summed E-state index contributed by atoms with van der Waals surface area (Å²) in [7, 11) is 0. The maximum absolute atomic E-state index is 5.95. The van der Waals surface area contributed by atoms with E-state index in [1.54, 1.807) is 18.6 Å². The number of hydrogen-bond donors (Lipinski definition) is 0. The Bertz CT molecular complexity index is 742. The van der Waals surface area contributed by atoms with E-state index in [9.17, 15) is 0 Å². The zero-order chi connectivity index (χ0) is 13.9. The highest BCUT2D eigenvalue weighted by Gasteiger charge is 2.10. The van der Waals surface area contributed by atoms with Crippen molar-refractivity contribution in [1.82, 2.24) is 15.0 Å². The van der Waals surface area contributed by atoms with E-state index in [0.717, 1.165) is 22.4 Å². The first kappa shape index (κ1) is 12.8. The lowest BCUT2D eigenvalue weighted by atomic mass is 10.0. The highest BCUT2D eigenvalue weighted by molar-refractivity contribution is 6.28. The van der Waals surface area contributed by atoms with Crippen molar-refractivity contribution in [2.24, 2.45) is 0 Å². The highest BCUT2D eigenvalue weighted by atomic mass is 35.5. The molecule has 20 heavy (non-hydrogen) atoms. The fraction of sp³-hybridized carbons (Fsp3) is 0.0625. The van der Waals surface area contributed by atoms with E-state index in [1.807, 2.05) is 24.3 Å². The molecule has 0 N–H and O–H groups in total. The van der Waals surface area contributed by atoms with Gasteiger partial charge in [-0.25, -0.2) is 9.97 Å². The molecule has 0 spiro atoms. The van der Waals surface area contributed by atoms with Gasteiger partial charge in [0.15, 0.2) is 0 Å². The Hall–Kier alpha value is -2.26. The first-order valence-corrected chi connectivity index (χ1v) is 6.62. The summed E-state index contributed by atoms with van der Waals surface area (Å²) in [5.74, 6) is 0. The van der Waals surface area contributed by atoms with Crippen LogP contribution in [0.5, 0.6) is 0 Å². The SMILES string of the molecule is Cc1cccc(-c2cnc(Cl)nc2-c2ccncc2)c1. The average molecular weight is 282 g/mol. The number of pyridine rings is 1. The van der Waals surface area contributed by atoms with Crippen LogP contribution in [0.1, 0.15) is 5.56 Å². The van der Waals surface area contributed by atoms with Crippen LogP contribution >= 0.6 is 11.6 Å². The maximum Gasteiger partial charge on any atom is 0.222 e. The second kappa shape index (κ2) is 5.39. The third-order valence-electron chi connectivity index (χ3n) is 3.04. The molecule has 0 bridgehead atoms. The van der Waals surface area contributed by atoms with Crippen LogP contribution in [0.15, 0.2) is 55.0 Å². The number of aromatic nitrogens is 3. The topological polar surface area (TPSA) is 38.7 Å². The van der Waals surface area contributed by atoms with Gasteiger partial charge in [-0.1, -0.05) is 29.8 Å². The van der Waals surface area contributed by atoms with Crippen LogP contribution in [0, 0.1) is 6.92 Å². The monoisotopic (exact) mass is 281 g/mol. The van der Waals surface area contributed by atoms with Gasteiger partial charge in [-0.15, -0.1) is 0 Å². The van der Waals surface area contributed by atoms with Gasteiger partial charge < -0.3 is 0 Å². The van der Waals surface area contributed by atoms with Gasteiger partial charge in [0, 0.05) is 29.7 Å². The van der Waals surface area contributed by atoms with Crippen LogP contribution in [0.25, 0.3) is 22.4 Å². The number of hydrogen-bond acceptors (Lipinski definition) is 3. The third-order valence-corrected chi connectivity index (χ3v) is 3.22. The lowest BCUT2D eigenvalue weighted by molar-refractivity contribution is 1.17. The molecule has 0 saturated carbocycles. The summed E-state index contributed by atoms with van der Waals surface area (Å²) >= 11 is 5.95. The molecule has 0 amide bonds. The van der Waals surface area contributed by atoms with Crippen molar-refractivity contribution in [3.8, 4) is 22.4 Å². The molecule has 0 unspecified atom stereocenters. The minimum absolute atomic E-state index is 0.244. The predicted octanol–water partition coefficient (Wildman–Crippen LogP) is 4.17. The smallest absolute Gasteiger partial charge is 0.222 e. The van der Waals surface area contributed by atoms with E-state index in [-0.39, 0.29) is 5.28 Å². The van der Waals surface area contributed by atoms with E-state index in [0.29, 0.717) is 0 Å². The van der Waals surface area contributed by atoms with Crippen molar-refractivity contribution in [3.05, 3.63) is 65.8 Å². The highest BCUT2D eigenvalue weighted by Crippen LogP contribution is 2.30. The summed E-state index contributed by atoms with van der Waals surface area (Å²) < 4.78 is 0. The van der Waals surface area contributed by atoms with Crippen molar-refractivity contribution in [1.29, 1.82) is 0 Å². The second-order valence-corrected chi connectivity index (χ2v) is 4.84. The molecule has 98 valence electrons. The first-order valence-electron chi connectivity index (χ1n) is 6.24. The fourth-order valence-corrected chi connectivity index (χ4v) is 2.25. The van der Waals surface area contributed by atoms with Gasteiger partial charge in [-0.3, -0.25) is 4.98 Å². The minimum atomic E-state index is 0.244. The van der Waals surface area contributed by atoms with Crippen LogP contribution in [0.4, 0.5) is 0 Å². The number of benzene rings is 1. The largest absolute Gasteiger partial charge is 0.265 e. The van der Waals surface area contributed by atoms with Crippen molar-refractivity contribution in [3.63, 3.8) is 0 Å². The van der Waals surface area contributed by atoms with E-state index in [1.165, 1.54) is 5.56 Å². The molecule has 0 atom stereocenters. The van der Waals surface area contributed by atoms with Crippen molar-refractivity contribution < 1.29 is 0 Å². The molecule has 0 aliphatic heterocycles. The lowest BCUT2D eigenvalue weighted by Crippen LogP contribution is -1.93. The second-order valence-electron chi connectivity index (χ2n) is 4.51. The van der Waals surface area contributed by atoms with Crippen LogP contribution in [-0.2, 0) is 0 Å². The van der Waals surface area contributed by atoms with Gasteiger partial charge in [-0.05, 0) is 36.2 Å². The van der Waals surface area contributed by atoms with Gasteiger partial charge in [-0.2, -0.15) is 0 Å². The summed E-state index contributed by atoms with van der Waals surface area (Å²) in [5, 5.41) is 0.244. The van der Waals surface area contributed by atoms with E-state index < -0.39 is 0 Å². The van der Waals surface area contributed by atoms with Gasteiger partial charge >= 0.3 is 0 Å². The molecular weight excluding hydrogens is 270 g/mol. The Morgan fingerprint density at radius 1 is 1.00 bits per heavy atom. The first-order chi connectivity index (χ1) is 9.74. The molecule has 1 aromatic carbocycles.